The SMILES string of the molecule is O=C1NC(=O)/C(=C\c2ccc(-n3cc([N+](=O)[O-])cn3)cc2)S1. The topological polar surface area (TPSA) is 107 Å². The summed E-state index contributed by atoms with van der Waals surface area (Å²) in [6.07, 6.45) is 4.08. The van der Waals surface area contributed by atoms with Crippen LogP contribution in [0.1, 0.15) is 5.56 Å². The average Bonchev–Trinajstić information content (AvgIpc) is 3.07. The van der Waals surface area contributed by atoms with E-state index < -0.39 is 16.1 Å². The molecule has 1 saturated heterocycles. The first-order chi connectivity index (χ1) is 10.5. The van der Waals surface area contributed by atoms with Crippen LogP contribution in [-0.2, 0) is 4.79 Å². The van der Waals surface area contributed by atoms with Gasteiger partial charge in [-0.3, -0.25) is 25.0 Å². The molecule has 1 fully saturated rings. The molecule has 3 rings (SSSR count). The van der Waals surface area contributed by atoms with Gasteiger partial charge in [0.15, 0.2) is 0 Å². The fraction of sp³-hybridized carbons (Fsp3) is 0. The maximum Gasteiger partial charge on any atom is 0.307 e. The molecule has 0 atom stereocenters. The van der Waals surface area contributed by atoms with Gasteiger partial charge >= 0.3 is 5.69 Å². The predicted molar refractivity (Wildman–Crippen MR) is 79.3 cm³/mol. The second-order valence-electron chi connectivity index (χ2n) is 4.34. The minimum atomic E-state index is -0.519. The molecular formula is C13H8N4O4S. The molecule has 110 valence electrons. The summed E-state index contributed by atoms with van der Waals surface area (Å²) < 4.78 is 1.38. The van der Waals surface area contributed by atoms with Crippen molar-refractivity contribution in [1.29, 1.82) is 0 Å². The lowest BCUT2D eigenvalue weighted by Crippen LogP contribution is -2.17. The minimum absolute atomic E-state index is 0.0938. The molecule has 0 bridgehead atoms. The molecule has 0 aliphatic carbocycles. The molecule has 2 amide bonds. The fourth-order valence-corrected chi connectivity index (χ4v) is 2.53. The largest absolute Gasteiger partial charge is 0.307 e. The lowest BCUT2D eigenvalue weighted by Gasteiger charge is -2.01. The Labute approximate surface area is 128 Å². The van der Waals surface area contributed by atoms with E-state index in [1.54, 1.807) is 30.3 Å². The van der Waals surface area contributed by atoms with Gasteiger partial charge in [-0.2, -0.15) is 5.10 Å². The summed E-state index contributed by atoms with van der Waals surface area (Å²) in [6.45, 7) is 0. The number of hydrogen-bond donors (Lipinski definition) is 1. The zero-order chi connectivity index (χ0) is 15.7. The fourth-order valence-electron chi connectivity index (χ4n) is 1.84. The number of nitrogens with one attached hydrogen (secondary N) is 1. The van der Waals surface area contributed by atoms with Crippen molar-refractivity contribution >= 4 is 34.7 Å². The maximum absolute atomic E-state index is 11.4. The number of nitrogens with zero attached hydrogens (tertiary/aromatic N) is 3. The molecule has 0 unspecified atom stereocenters. The molecule has 1 aromatic heterocycles. The number of carbonyl (C=O) groups excluding carboxylic acids is 2. The number of thioether (sulfide) groups is 1. The first-order valence-electron chi connectivity index (χ1n) is 6.07. The Morgan fingerprint density at radius 3 is 2.55 bits per heavy atom. The molecular weight excluding hydrogens is 308 g/mol. The number of benzene rings is 1. The predicted octanol–water partition coefficient (Wildman–Crippen LogP) is 2.10. The smallest absolute Gasteiger partial charge is 0.282 e. The van der Waals surface area contributed by atoms with Crippen LogP contribution in [0.2, 0.25) is 0 Å². The van der Waals surface area contributed by atoms with Crippen LogP contribution in [0.15, 0.2) is 41.6 Å². The molecule has 1 N–H and O–H groups in total. The molecule has 1 aliphatic rings. The Bertz CT molecular complexity index is 810. The molecule has 9 heteroatoms. The Kier molecular flexibility index (Phi) is 3.47. The third kappa shape index (κ3) is 2.74. The van der Waals surface area contributed by atoms with E-state index in [2.05, 4.69) is 10.4 Å². The zero-order valence-corrected chi connectivity index (χ0v) is 11.7. The van der Waals surface area contributed by atoms with Gasteiger partial charge in [0.25, 0.3) is 11.1 Å². The Morgan fingerprint density at radius 2 is 2.00 bits per heavy atom. The molecule has 2 aromatic rings. The third-order valence-corrected chi connectivity index (χ3v) is 3.69. The van der Waals surface area contributed by atoms with E-state index in [9.17, 15) is 19.7 Å². The van der Waals surface area contributed by atoms with E-state index in [-0.39, 0.29) is 5.69 Å². The van der Waals surface area contributed by atoms with Crippen LogP contribution >= 0.6 is 11.8 Å². The highest BCUT2D eigenvalue weighted by Crippen LogP contribution is 2.25. The summed E-state index contributed by atoms with van der Waals surface area (Å²) in [5, 5.41) is 16.3. The summed E-state index contributed by atoms with van der Waals surface area (Å²) in [4.78, 5) is 33.0. The zero-order valence-electron chi connectivity index (χ0n) is 10.9. The van der Waals surface area contributed by atoms with E-state index in [0.717, 1.165) is 17.3 Å². The minimum Gasteiger partial charge on any atom is -0.282 e. The number of carbonyl (C=O) groups is 2. The van der Waals surface area contributed by atoms with Crippen LogP contribution in [0.4, 0.5) is 10.5 Å². The van der Waals surface area contributed by atoms with E-state index in [4.69, 9.17) is 0 Å². The highest BCUT2D eigenvalue weighted by atomic mass is 32.2. The maximum atomic E-state index is 11.4. The Balaban J connectivity index is 1.83. The standard InChI is InChI=1S/C13H8N4O4S/c18-12-11(22-13(19)15-12)5-8-1-3-9(4-2-8)16-7-10(6-14-16)17(20)21/h1-7H,(H,15,18,19)/b11-5+. The van der Waals surface area contributed by atoms with Gasteiger partial charge in [0.1, 0.15) is 12.4 Å². The third-order valence-electron chi connectivity index (χ3n) is 2.88. The van der Waals surface area contributed by atoms with Crippen LogP contribution in [0.3, 0.4) is 0 Å². The van der Waals surface area contributed by atoms with Gasteiger partial charge in [-0.05, 0) is 35.5 Å². The number of amides is 2. The van der Waals surface area contributed by atoms with Gasteiger partial charge in [0.2, 0.25) is 0 Å². The first kappa shape index (κ1) is 14.0. The number of rotatable bonds is 3. The second-order valence-corrected chi connectivity index (χ2v) is 5.36. The first-order valence-corrected chi connectivity index (χ1v) is 6.89. The van der Waals surface area contributed by atoms with Crippen molar-refractivity contribution < 1.29 is 14.5 Å². The summed E-state index contributed by atoms with van der Waals surface area (Å²) in [7, 11) is 0. The van der Waals surface area contributed by atoms with Crippen LogP contribution < -0.4 is 5.32 Å². The summed E-state index contributed by atoms with van der Waals surface area (Å²) >= 11 is 0.845. The normalized spacial score (nSPS) is 16.1. The lowest BCUT2D eigenvalue weighted by atomic mass is 10.2. The van der Waals surface area contributed by atoms with E-state index in [0.29, 0.717) is 10.6 Å². The highest BCUT2D eigenvalue weighted by molar-refractivity contribution is 8.18. The number of aromatic nitrogens is 2. The Morgan fingerprint density at radius 1 is 1.27 bits per heavy atom. The molecule has 0 saturated carbocycles. The quantitative estimate of drug-likeness (QED) is 0.528. The summed E-state index contributed by atoms with van der Waals surface area (Å²) in [5.74, 6) is -0.415. The molecule has 0 spiro atoms. The summed E-state index contributed by atoms with van der Waals surface area (Å²) in [6, 6.07) is 6.88. The van der Waals surface area contributed by atoms with Gasteiger partial charge in [-0.25, -0.2) is 4.68 Å². The van der Waals surface area contributed by atoms with Crippen molar-refractivity contribution in [2.24, 2.45) is 0 Å². The van der Waals surface area contributed by atoms with E-state index in [1.165, 1.54) is 17.1 Å². The van der Waals surface area contributed by atoms with Crippen molar-refractivity contribution in [2.75, 3.05) is 0 Å². The van der Waals surface area contributed by atoms with Crippen LogP contribution in [-0.4, -0.2) is 25.9 Å². The van der Waals surface area contributed by atoms with Crippen molar-refractivity contribution in [1.82, 2.24) is 15.1 Å². The number of imide groups is 1. The van der Waals surface area contributed by atoms with Crippen molar-refractivity contribution in [3.05, 3.63) is 57.2 Å². The van der Waals surface area contributed by atoms with Crippen molar-refractivity contribution in [2.45, 2.75) is 0 Å². The highest BCUT2D eigenvalue weighted by Gasteiger charge is 2.24. The van der Waals surface area contributed by atoms with Gasteiger partial charge in [0.05, 0.1) is 15.5 Å². The van der Waals surface area contributed by atoms with Gasteiger partial charge in [-0.1, -0.05) is 12.1 Å². The molecule has 0 radical (unpaired) electrons. The van der Waals surface area contributed by atoms with Crippen LogP contribution in [0, 0.1) is 10.1 Å². The van der Waals surface area contributed by atoms with Gasteiger partial charge in [0, 0.05) is 0 Å². The van der Waals surface area contributed by atoms with Crippen molar-refractivity contribution in [3.63, 3.8) is 0 Å². The molecule has 1 aromatic carbocycles. The van der Waals surface area contributed by atoms with E-state index in [1.807, 2.05) is 0 Å². The molecule has 22 heavy (non-hydrogen) atoms. The molecule has 1 aliphatic heterocycles. The number of nitro groups is 1. The van der Waals surface area contributed by atoms with Gasteiger partial charge in [-0.15, -0.1) is 0 Å². The summed E-state index contributed by atoms with van der Waals surface area (Å²) in [5.41, 5.74) is 1.29. The monoisotopic (exact) mass is 316 g/mol. The molecule has 8 nitrogen and oxygen atoms in total. The Hall–Kier alpha value is -2.94. The van der Waals surface area contributed by atoms with Crippen LogP contribution in [0.25, 0.3) is 11.8 Å². The lowest BCUT2D eigenvalue weighted by molar-refractivity contribution is -0.384. The second kappa shape index (κ2) is 5.45. The van der Waals surface area contributed by atoms with Gasteiger partial charge < -0.3 is 0 Å². The van der Waals surface area contributed by atoms with E-state index >= 15 is 0 Å². The average molecular weight is 316 g/mol. The number of hydrogen-bond acceptors (Lipinski definition) is 6. The van der Waals surface area contributed by atoms with Crippen molar-refractivity contribution in [3.8, 4) is 5.69 Å². The molecule has 2 heterocycles. The van der Waals surface area contributed by atoms with Crippen LogP contribution in [0.5, 0.6) is 0 Å².